The van der Waals surface area contributed by atoms with E-state index in [-0.39, 0.29) is 0 Å². The lowest BCUT2D eigenvalue weighted by Gasteiger charge is -2.48. The first-order valence-electron chi connectivity index (χ1n) is 10.4. The minimum absolute atomic E-state index is 0.739. The van der Waals surface area contributed by atoms with Crippen LogP contribution < -0.4 is 0 Å². The molecule has 0 radical (unpaired) electrons. The lowest BCUT2D eigenvalue weighted by atomic mass is 9.96. The summed E-state index contributed by atoms with van der Waals surface area (Å²) in [4.78, 5) is 0. The molecule has 0 bridgehead atoms. The van der Waals surface area contributed by atoms with Crippen LogP contribution in [0.4, 0.5) is 0 Å². The number of rotatable bonds is 6. The van der Waals surface area contributed by atoms with Crippen molar-refractivity contribution in [1.82, 2.24) is 0 Å². The van der Waals surface area contributed by atoms with Crippen molar-refractivity contribution in [3.8, 4) is 0 Å². The van der Waals surface area contributed by atoms with Gasteiger partial charge in [0, 0.05) is 0 Å². The summed E-state index contributed by atoms with van der Waals surface area (Å²) < 4.78 is 26.7. The fourth-order valence-electron chi connectivity index (χ4n) is 3.97. The number of hydrogen-bond acceptors (Lipinski definition) is 15. The molecular formula is C18H32O15. The highest BCUT2D eigenvalue weighted by molar-refractivity contribution is 4.95. The third-order valence-electron chi connectivity index (χ3n) is 6.06. The van der Waals surface area contributed by atoms with Gasteiger partial charge in [-0.25, -0.2) is 0 Å². The molecule has 3 rings (SSSR count). The van der Waals surface area contributed by atoms with Gasteiger partial charge in [-0.2, -0.15) is 0 Å². The van der Waals surface area contributed by atoms with Crippen LogP contribution in [0.5, 0.6) is 0 Å². The normalized spacial score (nSPS) is 53.7. The van der Waals surface area contributed by atoms with E-state index in [1.165, 1.54) is 6.92 Å². The average molecular weight is 488 g/mol. The second kappa shape index (κ2) is 11.0. The van der Waals surface area contributed by atoms with Gasteiger partial charge < -0.3 is 74.7 Å². The van der Waals surface area contributed by atoms with Crippen molar-refractivity contribution in [2.75, 3.05) is 13.2 Å². The van der Waals surface area contributed by atoms with E-state index in [4.69, 9.17) is 23.7 Å². The molecule has 0 aromatic heterocycles. The van der Waals surface area contributed by atoms with Gasteiger partial charge in [-0.15, -0.1) is 0 Å². The molecule has 10 N–H and O–H groups in total. The van der Waals surface area contributed by atoms with Crippen molar-refractivity contribution >= 4 is 0 Å². The number of hydrogen-bond donors (Lipinski definition) is 10. The molecule has 0 amide bonds. The highest BCUT2D eigenvalue weighted by atomic mass is 16.8. The number of aliphatic hydroxyl groups is 10. The average Bonchev–Trinajstić information content (AvgIpc) is 2.79. The molecular weight excluding hydrogens is 456 g/mol. The molecule has 15 nitrogen and oxygen atoms in total. The molecule has 33 heavy (non-hydrogen) atoms. The van der Waals surface area contributed by atoms with Crippen LogP contribution in [-0.2, 0) is 23.7 Å². The van der Waals surface area contributed by atoms with E-state index in [1.807, 2.05) is 0 Å². The van der Waals surface area contributed by atoms with Gasteiger partial charge in [-0.3, -0.25) is 0 Å². The molecule has 0 aromatic rings. The third-order valence-corrected chi connectivity index (χ3v) is 6.06. The van der Waals surface area contributed by atoms with Crippen LogP contribution in [0, 0.1) is 0 Å². The zero-order chi connectivity index (χ0) is 24.6. The predicted molar refractivity (Wildman–Crippen MR) is 99.8 cm³/mol. The van der Waals surface area contributed by atoms with Crippen molar-refractivity contribution in [3.63, 3.8) is 0 Å². The molecule has 0 unspecified atom stereocenters. The highest BCUT2D eigenvalue weighted by Gasteiger charge is 2.53. The van der Waals surface area contributed by atoms with E-state index in [1.54, 1.807) is 0 Å². The van der Waals surface area contributed by atoms with Crippen LogP contribution in [0.15, 0.2) is 0 Å². The Morgan fingerprint density at radius 1 is 0.545 bits per heavy atom. The Morgan fingerprint density at radius 2 is 1.12 bits per heavy atom. The Morgan fingerprint density at radius 3 is 1.73 bits per heavy atom. The van der Waals surface area contributed by atoms with Gasteiger partial charge in [0.2, 0.25) is 0 Å². The Balaban J connectivity index is 1.83. The zero-order valence-corrected chi connectivity index (χ0v) is 17.6. The van der Waals surface area contributed by atoms with Gasteiger partial charge >= 0.3 is 0 Å². The minimum Gasteiger partial charge on any atom is -0.394 e. The first-order chi connectivity index (χ1) is 15.5. The number of aliphatic hydroxyl groups excluding tert-OH is 10. The summed E-state index contributed by atoms with van der Waals surface area (Å²) in [7, 11) is 0. The largest absolute Gasteiger partial charge is 0.394 e. The van der Waals surface area contributed by atoms with E-state index >= 15 is 0 Å². The second-order valence-electron chi connectivity index (χ2n) is 8.32. The topological polar surface area (TPSA) is 248 Å². The van der Waals surface area contributed by atoms with Gasteiger partial charge in [-0.05, 0) is 6.92 Å². The van der Waals surface area contributed by atoms with Gasteiger partial charge in [0.15, 0.2) is 18.9 Å². The van der Waals surface area contributed by atoms with Crippen LogP contribution in [0.1, 0.15) is 6.92 Å². The smallest absolute Gasteiger partial charge is 0.187 e. The lowest BCUT2D eigenvalue weighted by Crippen LogP contribution is -2.66. The summed E-state index contributed by atoms with van der Waals surface area (Å²) in [6.07, 6.45) is -24.2. The number of ether oxygens (including phenoxy) is 5. The van der Waals surface area contributed by atoms with Crippen molar-refractivity contribution < 1.29 is 74.7 Å². The fourth-order valence-corrected chi connectivity index (χ4v) is 3.97. The highest BCUT2D eigenvalue weighted by Crippen LogP contribution is 2.32. The Hall–Kier alpha value is -0.600. The summed E-state index contributed by atoms with van der Waals surface area (Å²) in [5.41, 5.74) is 0. The van der Waals surface area contributed by atoms with Crippen molar-refractivity contribution in [2.24, 2.45) is 0 Å². The molecule has 3 aliphatic rings. The van der Waals surface area contributed by atoms with Crippen molar-refractivity contribution in [1.29, 1.82) is 0 Å². The molecule has 194 valence electrons. The molecule has 0 aromatic carbocycles. The van der Waals surface area contributed by atoms with Crippen LogP contribution in [0.3, 0.4) is 0 Å². The van der Waals surface area contributed by atoms with Crippen molar-refractivity contribution in [2.45, 2.75) is 99.0 Å². The first kappa shape index (κ1) is 27.0. The van der Waals surface area contributed by atoms with Crippen molar-refractivity contribution in [3.05, 3.63) is 0 Å². The van der Waals surface area contributed by atoms with E-state index < -0.39 is 105 Å². The van der Waals surface area contributed by atoms with Gasteiger partial charge in [0.25, 0.3) is 0 Å². The van der Waals surface area contributed by atoms with E-state index in [9.17, 15) is 51.1 Å². The quantitative estimate of drug-likeness (QED) is 0.167. The Labute approximate surface area is 187 Å². The van der Waals surface area contributed by atoms with E-state index in [0.29, 0.717) is 0 Å². The van der Waals surface area contributed by atoms with Crippen LogP contribution in [-0.4, -0.2) is 156 Å². The van der Waals surface area contributed by atoms with E-state index in [0.717, 1.165) is 0 Å². The molecule has 3 fully saturated rings. The molecule has 0 spiro atoms. The summed E-state index contributed by atoms with van der Waals surface area (Å²) in [6.45, 7) is -0.118. The molecule has 3 heterocycles. The maximum absolute atomic E-state index is 10.6. The van der Waals surface area contributed by atoms with Gasteiger partial charge in [-0.1, -0.05) is 0 Å². The summed E-state index contributed by atoms with van der Waals surface area (Å²) in [6, 6.07) is 0. The Bertz CT molecular complexity index is 626. The van der Waals surface area contributed by atoms with Crippen LogP contribution in [0.2, 0.25) is 0 Å². The molecule has 15 heteroatoms. The third kappa shape index (κ3) is 5.32. The van der Waals surface area contributed by atoms with Crippen LogP contribution >= 0.6 is 0 Å². The monoisotopic (exact) mass is 488 g/mol. The minimum atomic E-state index is -1.86. The van der Waals surface area contributed by atoms with Crippen LogP contribution in [0.25, 0.3) is 0 Å². The van der Waals surface area contributed by atoms with E-state index in [2.05, 4.69) is 0 Å². The molecule has 0 saturated carbocycles. The first-order valence-corrected chi connectivity index (χ1v) is 10.4. The molecule has 15 atom stereocenters. The standard InChI is InChI=1S/C18H32O15/c1-4-7(21)10(24)12(26)17(29-4)33-15-11(25)8(22)5(2-19)31-18(15)32-14-9(23)6(3-20)30-16(28)13(14)27/h4-28H,2-3H2,1H3/t4-,5+,6+,7+,8-,9+,10+,11-,12-,13+,14-,15+,16+,17+,18-/m0/s1. The maximum atomic E-state index is 10.6. The molecule has 3 saturated heterocycles. The zero-order valence-electron chi connectivity index (χ0n) is 17.6. The second-order valence-corrected chi connectivity index (χ2v) is 8.32. The summed E-state index contributed by atoms with van der Waals surface area (Å²) >= 11 is 0. The summed E-state index contributed by atoms with van der Waals surface area (Å²) in [5.74, 6) is 0. The lowest BCUT2D eigenvalue weighted by molar-refractivity contribution is -0.386. The fraction of sp³-hybridized carbons (Fsp3) is 1.00. The Kier molecular flexibility index (Phi) is 8.99. The SMILES string of the molecule is C[C@@H]1O[C@H](O[C@H]2[C@H](O[C@@H]3[C@@H](O)[C@H](O)O[C@H](CO)[C@H]3O)O[C@H](CO)[C@H](O)[C@@H]2O)[C@@H](O)[C@H](O)[C@@H]1O. The van der Waals surface area contributed by atoms with Gasteiger partial charge in [0.05, 0.1) is 19.3 Å². The molecule has 3 aliphatic heterocycles. The summed E-state index contributed by atoms with van der Waals surface area (Å²) in [5, 5.41) is 100. The van der Waals surface area contributed by atoms with Gasteiger partial charge in [0.1, 0.15) is 67.1 Å². The predicted octanol–water partition coefficient (Wildman–Crippen LogP) is -6.55. The maximum Gasteiger partial charge on any atom is 0.187 e. The molecule has 0 aliphatic carbocycles.